The molecule has 0 atom stereocenters. The van der Waals surface area contributed by atoms with Crippen molar-refractivity contribution in [3.8, 4) is 5.75 Å². The van der Waals surface area contributed by atoms with Crippen LogP contribution in [0.5, 0.6) is 5.75 Å². The Balaban J connectivity index is 2.11. The molecule has 5 heteroatoms. The maximum absolute atomic E-state index is 5.35. The molecule has 1 aromatic heterocycles. The Morgan fingerprint density at radius 2 is 2.21 bits per heavy atom. The molecule has 0 aliphatic heterocycles. The van der Waals surface area contributed by atoms with Crippen LogP contribution in [0.4, 0.5) is 5.69 Å². The van der Waals surface area contributed by atoms with E-state index in [0.717, 1.165) is 23.7 Å². The van der Waals surface area contributed by atoms with E-state index in [0.29, 0.717) is 6.54 Å². The molecule has 0 unspecified atom stereocenters. The molecule has 0 radical (unpaired) electrons. The first-order valence-electron chi connectivity index (χ1n) is 6.12. The fraction of sp³-hybridized carbons (Fsp3) is 0.357. The van der Waals surface area contributed by atoms with Gasteiger partial charge in [0, 0.05) is 6.54 Å². The molecule has 0 spiro atoms. The van der Waals surface area contributed by atoms with E-state index in [-0.39, 0.29) is 0 Å². The Bertz CT molecular complexity index is 509. The normalized spacial score (nSPS) is 10.7. The number of ether oxygens (including phenoxy) is 1. The summed E-state index contributed by atoms with van der Waals surface area (Å²) in [6.45, 7) is 1.47. The molecule has 0 fully saturated rings. The van der Waals surface area contributed by atoms with Crippen molar-refractivity contribution in [3.05, 3.63) is 42.1 Å². The number of hydrogen-bond donors (Lipinski definition) is 1. The highest BCUT2D eigenvalue weighted by Crippen LogP contribution is 2.26. The Morgan fingerprint density at radius 1 is 1.37 bits per heavy atom. The standard InChI is InChI=1S/C14H19N3O2/c1-17(2)9-11-4-5-14(18-3)13(6-11)16-8-12-7-15-10-19-12/h4-7,10,16H,8-9H2,1-3H3. The van der Waals surface area contributed by atoms with Crippen LogP contribution in [0.15, 0.2) is 35.2 Å². The molecule has 5 nitrogen and oxygen atoms in total. The summed E-state index contributed by atoms with van der Waals surface area (Å²) in [5, 5.41) is 3.30. The summed E-state index contributed by atoms with van der Waals surface area (Å²) in [4.78, 5) is 6.02. The van der Waals surface area contributed by atoms with E-state index in [2.05, 4.69) is 27.3 Å². The first-order valence-corrected chi connectivity index (χ1v) is 6.12. The molecule has 1 N–H and O–H groups in total. The summed E-state index contributed by atoms with van der Waals surface area (Å²) < 4.78 is 10.6. The Hall–Kier alpha value is -2.01. The van der Waals surface area contributed by atoms with Gasteiger partial charge in [-0.05, 0) is 31.8 Å². The van der Waals surface area contributed by atoms with Gasteiger partial charge in [0.15, 0.2) is 6.39 Å². The molecule has 1 heterocycles. The zero-order valence-corrected chi connectivity index (χ0v) is 11.5. The maximum atomic E-state index is 5.35. The second kappa shape index (κ2) is 6.24. The first kappa shape index (κ1) is 13.4. The average molecular weight is 261 g/mol. The molecule has 2 aromatic rings. The SMILES string of the molecule is COc1ccc(CN(C)C)cc1NCc1cnco1. The summed E-state index contributed by atoms with van der Waals surface area (Å²) >= 11 is 0. The Labute approximate surface area is 113 Å². The van der Waals surface area contributed by atoms with Crippen LogP contribution in [-0.2, 0) is 13.1 Å². The van der Waals surface area contributed by atoms with Crippen LogP contribution < -0.4 is 10.1 Å². The van der Waals surface area contributed by atoms with Crippen LogP contribution in [0.2, 0.25) is 0 Å². The first-order chi connectivity index (χ1) is 9.19. The molecule has 0 aliphatic carbocycles. The van der Waals surface area contributed by atoms with E-state index >= 15 is 0 Å². The zero-order chi connectivity index (χ0) is 13.7. The molecule has 102 valence electrons. The van der Waals surface area contributed by atoms with Gasteiger partial charge in [-0.1, -0.05) is 6.07 Å². The number of methoxy groups -OCH3 is 1. The molecule has 0 saturated heterocycles. The third-order valence-corrected chi connectivity index (χ3v) is 2.70. The number of nitrogens with one attached hydrogen (secondary N) is 1. The lowest BCUT2D eigenvalue weighted by molar-refractivity contribution is 0.400. The van der Waals surface area contributed by atoms with Gasteiger partial charge in [0.25, 0.3) is 0 Å². The van der Waals surface area contributed by atoms with Crippen LogP contribution in [0.1, 0.15) is 11.3 Å². The van der Waals surface area contributed by atoms with Gasteiger partial charge in [-0.2, -0.15) is 0 Å². The number of rotatable bonds is 6. The van der Waals surface area contributed by atoms with Crippen molar-refractivity contribution >= 4 is 5.69 Å². The van der Waals surface area contributed by atoms with Gasteiger partial charge < -0.3 is 19.4 Å². The van der Waals surface area contributed by atoms with E-state index in [9.17, 15) is 0 Å². The van der Waals surface area contributed by atoms with E-state index < -0.39 is 0 Å². The Kier molecular flexibility index (Phi) is 4.41. The van der Waals surface area contributed by atoms with Crippen molar-refractivity contribution in [1.29, 1.82) is 0 Å². The van der Waals surface area contributed by atoms with Crippen molar-refractivity contribution in [2.45, 2.75) is 13.1 Å². The van der Waals surface area contributed by atoms with Gasteiger partial charge >= 0.3 is 0 Å². The number of hydrogen-bond acceptors (Lipinski definition) is 5. The van der Waals surface area contributed by atoms with E-state index in [4.69, 9.17) is 9.15 Å². The number of benzene rings is 1. The number of nitrogens with zero attached hydrogens (tertiary/aromatic N) is 2. The van der Waals surface area contributed by atoms with E-state index in [1.165, 1.54) is 12.0 Å². The van der Waals surface area contributed by atoms with Crippen molar-refractivity contribution in [2.24, 2.45) is 0 Å². The van der Waals surface area contributed by atoms with Crippen LogP contribution in [-0.4, -0.2) is 31.1 Å². The van der Waals surface area contributed by atoms with Gasteiger partial charge in [0.1, 0.15) is 11.5 Å². The maximum Gasteiger partial charge on any atom is 0.180 e. The summed E-state index contributed by atoms with van der Waals surface area (Å²) in [5.74, 6) is 1.61. The number of anilines is 1. The highest BCUT2D eigenvalue weighted by molar-refractivity contribution is 5.58. The summed E-state index contributed by atoms with van der Waals surface area (Å²) in [7, 11) is 5.76. The molecular weight excluding hydrogens is 242 g/mol. The average Bonchev–Trinajstić information content (AvgIpc) is 2.89. The molecular formula is C14H19N3O2. The minimum Gasteiger partial charge on any atom is -0.495 e. The van der Waals surface area contributed by atoms with Crippen molar-refractivity contribution < 1.29 is 9.15 Å². The van der Waals surface area contributed by atoms with Gasteiger partial charge in [-0.3, -0.25) is 0 Å². The third-order valence-electron chi connectivity index (χ3n) is 2.70. The van der Waals surface area contributed by atoms with Gasteiger partial charge in [0.2, 0.25) is 0 Å². The molecule has 1 aromatic carbocycles. The van der Waals surface area contributed by atoms with E-state index in [1.54, 1.807) is 13.3 Å². The number of oxazole rings is 1. The number of aromatic nitrogens is 1. The van der Waals surface area contributed by atoms with Gasteiger partial charge in [-0.25, -0.2) is 4.98 Å². The van der Waals surface area contributed by atoms with Crippen LogP contribution in [0.25, 0.3) is 0 Å². The second-order valence-corrected chi connectivity index (χ2v) is 4.59. The molecule has 19 heavy (non-hydrogen) atoms. The van der Waals surface area contributed by atoms with Crippen molar-refractivity contribution in [3.63, 3.8) is 0 Å². The fourth-order valence-corrected chi connectivity index (χ4v) is 1.87. The minimum absolute atomic E-state index is 0.585. The highest BCUT2D eigenvalue weighted by atomic mass is 16.5. The second-order valence-electron chi connectivity index (χ2n) is 4.59. The lowest BCUT2D eigenvalue weighted by Crippen LogP contribution is -2.11. The smallest absolute Gasteiger partial charge is 0.180 e. The summed E-state index contributed by atoms with van der Waals surface area (Å²) in [6, 6.07) is 6.13. The molecule has 0 bridgehead atoms. The predicted molar refractivity (Wildman–Crippen MR) is 74.2 cm³/mol. The van der Waals surface area contributed by atoms with Gasteiger partial charge in [0.05, 0.1) is 25.5 Å². The third kappa shape index (κ3) is 3.72. The predicted octanol–water partition coefficient (Wildman–Crippen LogP) is 2.36. The topological polar surface area (TPSA) is 50.5 Å². The monoisotopic (exact) mass is 261 g/mol. The lowest BCUT2D eigenvalue weighted by atomic mass is 10.1. The fourth-order valence-electron chi connectivity index (χ4n) is 1.87. The minimum atomic E-state index is 0.585. The molecule has 0 aliphatic rings. The van der Waals surface area contributed by atoms with Crippen molar-refractivity contribution in [1.82, 2.24) is 9.88 Å². The lowest BCUT2D eigenvalue weighted by Gasteiger charge is -2.14. The van der Waals surface area contributed by atoms with Crippen LogP contribution >= 0.6 is 0 Å². The van der Waals surface area contributed by atoms with Gasteiger partial charge in [-0.15, -0.1) is 0 Å². The molecule has 0 saturated carbocycles. The Morgan fingerprint density at radius 3 is 2.84 bits per heavy atom. The van der Waals surface area contributed by atoms with Crippen LogP contribution in [0, 0.1) is 0 Å². The quantitative estimate of drug-likeness (QED) is 0.865. The van der Waals surface area contributed by atoms with Crippen LogP contribution in [0.3, 0.4) is 0 Å². The highest BCUT2D eigenvalue weighted by Gasteiger charge is 2.06. The summed E-state index contributed by atoms with van der Waals surface area (Å²) in [6.07, 6.45) is 3.12. The zero-order valence-electron chi connectivity index (χ0n) is 11.5. The molecule has 0 amide bonds. The van der Waals surface area contributed by atoms with E-state index in [1.807, 2.05) is 20.2 Å². The summed E-state index contributed by atoms with van der Waals surface area (Å²) in [5.41, 5.74) is 2.18. The largest absolute Gasteiger partial charge is 0.495 e. The molecule has 2 rings (SSSR count). The van der Waals surface area contributed by atoms with Crippen molar-refractivity contribution in [2.75, 3.05) is 26.5 Å².